The van der Waals surface area contributed by atoms with E-state index in [1.54, 1.807) is 24.3 Å². The van der Waals surface area contributed by atoms with E-state index in [9.17, 15) is 9.50 Å². The van der Waals surface area contributed by atoms with Crippen LogP contribution in [0.2, 0.25) is 4.34 Å². The van der Waals surface area contributed by atoms with Crippen molar-refractivity contribution in [3.63, 3.8) is 0 Å². The maximum atomic E-state index is 13.0. The molecule has 1 N–H and O–H groups in total. The number of thiophene rings is 1. The molecule has 2 rings (SSSR count). The maximum absolute atomic E-state index is 13.0. The van der Waals surface area contributed by atoms with Gasteiger partial charge in [-0.2, -0.15) is 0 Å². The number of hydrogen-bond acceptors (Lipinski definition) is 2. The van der Waals surface area contributed by atoms with Crippen LogP contribution in [-0.4, -0.2) is 5.11 Å². The van der Waals surface area contributed by atoms with Gasteiger partial charge in [-0.15, -0.1) is 11.3 Å². The Morgan fingerprint density at radius 2 is 2.06 bits per heavy atom. The van der Waals surface area contributed by atoms with E-state index in [2.05, 4.69) is 15.9 Å². The van der Waals surface area contributed by atoms with Crippen molar-refractivity contribution in [2.45, 2.75) is 6.10 Å². The highest BCUT2D eigenvalue weighted by atomic mass is 79.9. The van der Waals surface area contributed by atoms with Gasteiger partial charge in [0, 0.05) is 4.88 Å². The average Bonchev–Trinajstić information content (AvgIpc) is 2.68. The summed E-state index contributed by atoms with van der Waals surface area (Å²) in [4.78, 5) is 0.739. The van der Waals surface area contributed by atoms with Crippen molar-refractivity contribution in [3.8, 4) is 0 Å². The molecular formula is C11H7BrClFOS. The molecule has 0 amide bonds. The third kappa shape index (κ3) is 2.46. The van der Waals surface area contributed by atoms with Gasteiger partial charge in [0.1, 0.15) is 11.9 Å². The molecule has 84 valence electrons. The number of halogens is 3. The molecule has 1 atom stereocenters. The third-order valence-electron chi connectivity index (χ3n) is 2.12. The van der Waals surface area contributed by atoms with Crippen LogP contribution >= 0.6 is 38.9 Å². The summed E-state index contributed by atoms with van der Waals surface area (Å²) in [5.41, 5.74) is 0.631. The molecule has 0 aliphatic heterocycles. The van der Waals surface area contributed by atoms with Gasteiger partial charge in [0.15, 0.2) is 0 Å². The molecule has 1 unspecified atom stereocenters. The number of rotatable bonds is 2. The molecule has 0 fully saturated rings. The third-order valence-corrected chi connectivity index (χ3v) is 4.01. The van der Waals surface area contributed by atoms with E-state index < -0.39 is 6.10 Å². The van der Waals surface area contributed by atoms with Crippen LogP contribution in [0.5, 0.6) is 0 Å². The van der Waals surface area contributed by atoms with E-state index in [0.717, 1.165) is 4.88 Å². The molecule has 1 nitrogen and oxygen atoms in total. The summed E-state index contributed by atoms with van der Waals surface area (Å²) in [6.45, 7) is 0. The highest BCUT2D eigenvalue weighted by molar-refractivity contribution is 9.10. The summed E-state index contributed by atoms with van der Waals surface area (Å²) < 4.78 is 14.0. The second-order valence-electron chi connectivity index (χ2n) is 3.22. The summed E-state index contributed by atoms with van der Waals surface area (Å²) >= 11 is 10.2. The SMILES string of the molecule is OC(c1ccc(F)c(Br)c1)c1ccc(Cl)s1. The van der Waals surface area contributed by atoms with Gasteiger partial charge in [0.05, 0.1) is 8.81 Å². The van der Waals surface area contributed by atoms with Crippen molar-refractivity contribution in [1.82, 2.24) is 0 Å². The van der Waals surface area contributed by atoms with Gasteiger partial charge in [-0.1, -0.05) is 17.7 Å². The Kier molecular flexibility index (Phi) is 3.64. The topological polar surface area (TPSA) is 20.2 Å². The van der Waals surface area contributed by atoms with Crippen molar-refractivity contribution in [2.24, 2.45) is 0 Å². The van der Waals surface area contributed by atoms with Crippen LogP contribution < -0.4 is 0 Å². The maximum Gasteiger partial charge on any atom is 0.137 e. The molecule has 5 heteroatoms. The van der Waals surface area contributed by atoms with E-state index in [4.69, 9.17) is 11.6 Å². The molecule has 2 aromatic rings. The van der Waals surface area contributed by atoms with Crippen LogP contribution in [0.15, 0.2) is 34.8 Å². The summed E-state index contributed by atoms with van der Waals surface area (Å²) in [7, 11) is 0. The highest BCUT2D eigenvalue weighted by Gasteiger charge is 2.14. The molecule has 0 radical (unpaired) electrons. The fraction of sp³-hybridized carbons (Fsp3) is 0.0909. The van der Waals surface area contributed by atoms with Crippen molar-refractivity contribution in [2.75, 3.05) is 0 Å². The van der Waals surface area contributed by atoms with Crippen molar-refractivity contribution < 1.29 is 9.50 Å². The van der Waals surface area contributed by atoms with Gasteiger partial charge < -0.3 is 5.11 Å². The van der Waals surface area contributed by atoms with Crippen molar-refractivity contribution >= 4 is 38.9 Å². The largest absolute Gasteiger partial charge is 0.383 e. The van der Waals surface area contributed by atoms with Gasteiger partial charge in [-0.3, -0.25) is 0 Å². The minimum absolute atomic E-state index is 0.340. The lowest BCUT2D eigenvalue weighted by molar-refractivity contribution is 0.224. The molecule has 1 heterocycles. The lowest BCUT2D eigenvalue weighted by atomic mass is 10.1. The Bertz CT molecular complexity index is 514. The lowest BCUT2D eigenvalue weighted by Crippen LogP contribution is -1.97. The first-order valence-corrected chi connectivity index (χ1v) is 6.45. The normalized spacial score (nSPS) is 12.8. The lowest BCUT2D eigenvalue weighted by Gasteiger charge is -2.09. The molecule has 0 bridgehead atoms. The number of hydrogen-bond donors (Lipinski definition) is 1. The van der Waals surface area contributed by atoms with Crippen LogP contribution in [0.3, 0.4) is 0 Å². The molecule has 0 saturated heterocycles. The fourth-order valence-corrected chi connectivity index (χ4v) is 2.79. The second-order valence-corrected chi connectivity index (χ2v) is 5.82. The van der Waals surface area contributed by atoms with Gasteiger partial charge in [0.25, 0.3) is 0 Å². The first kappa shape index (κ1) is 12.0. The molecule has 0 spiro atoms. The van der Waals surface area contributed by atoms with Crippen LogP contribution in [0.25, 0.3) is 0 Å². The Labute approximate surface area is 110 Å². The Balaban J connectivity index is 2.33. The molecule has 0 aliphatic carbocycles. The zero-order valence-electron chi connectivity index (χ0n) is 7.95. The fourth-order valence-electron chi connectivity index (χ4n) is 1.32. The van der Waals surface area contributed by atoms with Crippen LogP contribution in [0, 0.1) is 5.82 Å². The standard InChI is InChI=1S/C11H7BrClFOS/c12-7-5-6(1-2-8(7)14)11(15)9-3-4-10(13)16-9/h1-5,11,15H. The van der Waals surface area contributed by atoms with Gasteiger partial charge >= 0.3 is 0 Å². The predicted octanol–water partition coefficient (Wildman–Crippen LogP) is 4.38. The van der Waals surface area contributed by atoms with E-state index in [-0.39, 0.29) is 5.82 Å². The smallest absolute Gasteiger partial charge is 0.137 e. The zero-order valence-corrected chi connectivity index (χ0v) is 11.1. The Hall–Kier alpha value is -0.420. The minimum Gasteiger partial charge on any atom is -0.383 e. The predicted molar refractivity (Wildman–Crippen MR) is 67.5 cm³/mol. The molecule has 0 aliphatic rings. The molecular weight excluding hydrogens is 315 g/mol. The number of aliphatic hydroxyl groups excluding tert-OH is 1. The number of aliphatic hydroxyl groups is 1. The molecule has 0 saturated carbocycles. The van der Waals surface area contributed by atoms with Gasteiger partial charge in [-0.25, -0.2) is 4.39 Å². The van der Waals surface area contributed by atoms with Crippen LogP contribution in [-0.2, 0) is 0 Å². The van der Waals surface area contributed by atoms with Crippen LogP contribution in [0.4, 0.5) is 4.39 Å². The average molecular weight is 322 g/mol. The monoisotopic (exact) mass is 320 g/mol. The van der Waals surface area contributed by atoms with Crippen molar-refractivity contribution in [3.05, 3.63) is 55.4 Å². The summed E-state index contributed by atoms with van der Waals surface area (Å²) in [5, 5.41) is 10.0. The first-order valence-electron chi connectivity index (χ1n) is 4.46. The summed E-state index contributed by atoms with van der Waals surface area (Å²) in [6.07, 6.45) is -0.769. The molecule has 1 aromatic heterocycles. The van der Waals surface area contributed by atoms with E-state index in [1.165, 1.54) is 17.4 Å². The highest BCUT2D eigenvalue weighted by Crippen LogP contribution is 2.32. The Morgan fingerprint density at radius 3 is 2.62 bits per heavy atom. The second kappa shape index (κ2) is 4.84. The molecule has 16 heavy (non-hydrogen) atoms. The first-order chi connectivity index (χ1) is 7.58. The molecule has 1 aromatic carbocycles. The van der Waals surface area contributed by atoms with Gasteiger partial charge in [0.2, 0.25) is 0 Å². The minimum atomic E-state index is -0.769. The summed E-state index contributed by atoms with van der Waals surface area (Å²) in [5.74, 6) is -0.347. The van der Waals surface area contributed by atoms with E-state index in [0.29, 0.717) is 14.4 Å². The number of benzene rings is 1. The van der Waals surface area contributed by atoms with E-state index in [1.807, 2.05) is 0 Å². The van der Waals surface area contributed by atoms with Crippen molar-refractivity contribution in [1.29, 1.82) is 0 Å². The Morgan fingerprint density at radius 1 is 1.31 bits per heavy atom. The summed E-state index contributed by atoms with van der Waals surface area (Å²) in [6, 6.07) is 7.92. The van der Waals surface area contributed by atoms with Crippen LogP contribution in [0.1, 0.15) is 16.5 Å². The quantitative estimate of drug-likeness (QED) is 0.870. The zero-order chi connectivity index (χ0) is 11.7. The van der Waals surface area contributed by atoms with E-state index >= 15 is 0 Å². The van der Waals surface area contributed by atoms with Gasteiger partial charge in [-0.05, 0) is 45.8 Å².